The maximum Gasteiger partial charge on any atom is 0.252 e. The third-order valence-electron chi connectivity index (χ3n) is 7.43. The molecule has 8 nitrogen and oxygen atoms in total. The van der Waals surface area contributed by atoms with E-state index in [4.69, 9.17) is 5.73 Å². The summed E-state index contributed by atoms with van der Waals surface area (Å²) in [6.07, 6.45) is 13.9. The zero-order valence-electron chi connectivity index (χ0n) is 21.6. The van der Waals surface area contributed by atoms with E-state index < -0.39 is 6.04 Å². The first kappa shape index (κ1) is 26.4. The number of nitrogens with zero attached hydrogens (tertiary/aromatic N) is 3. The first-order chi connectivity index (χ1) is 18.1. The molecule has 1 aromatic heterocycles. The summed E-state index contributed by atoms with van der Waals surface area (Å²) in [5.41, 5.74) is 8.87. The fourth-order valence-corrected chi connectivity index (χ4v) is 5.48. The number of aliphatic imine (C=N–C) groups is 1. The smallest absolute Gasteiger partial charge is 0.252 e. The van der Waals surface area contributed by atoms with E-state index in [1.54, 1.807) is 19.3 Å². The van der Waals surface area contributed by atoms with Crippen LogP contribution in [0.3, 0.4) is 0 Å². The van der Waals surface area contributed by atoms with Crippen molar-refractivity contribution in [1.82, 2.24) is 15.6 Å². The molecule has 0 radical (unpaired) electrons. The highest BCUT2D eigenvalue weighted by atomic mass is 16.2. The lowest BCUT2D eigenvalue weighted by Gasteiger charge is -2.34. The highest BCUT2D eigenvalue weighted by Gasteiger charge is 2.28. The molecule has 2 aromatic rings. The number of carbonyl (C=O) groups excluding carboxylic acids is 2. The average Bonchev–Trinajstić information content (AvgIpc) is 3.46. The summed E-state index contributed by atoms with van der Waals surface area (Å²) in [4.78, 5) is 37.0. The fourth-order valence-electron chi connectivity index (χ4n) is 5.48. The second kappa shape index (κ2) is 13.0. The third kappa shape index (κ3) is 7.18. The van der Waals surface area contributed by atoms with E-state index in [0.717, 1.165) is 44.5 Å². The van der Waals surface area contributed by atoms with Crippen LogP contribution in [0.15, 0.2) is 65.7 Å². The van der Waals surface area contributed by atoms with Crippen LogP contribution < -0.4 is 21.3 Å². The van der Waals surface area contributed by atoms with Gasteiger partial charge in [-0.05, 0) is 55.0 Å². The predicted octanol–water partition coefficient (Wildman–Crippen LogP) is 3.76. The largest absolute Gasteiger partial charge is 0.403 e. The van der Waals surface area contributed by atoms with E-state index in [1.807, 2.05) is 30.5 Å². The van der Waals surface area contributed by atoms with Crippen molar-refractivity contribution in [2.75, 3.05) is 25.0 Å². The molecule has 2 aliphatic rings. The van der Waals surface area contributed by atoms with Crippen LogP contribution >= 0.6 is 0 Å². The van der Waals surface area contributed by atoms with E-state index in [1.165, 1.54) is 30.8 Å². The summed E-state index contributed by atoms with van der Waals surface area (Å²) >= 11 is 0. The summed E-state index contributed by atoms with van der Waals surface area (Å²) in [7, 11) is 1.61. The molecule has 2 heterocycles. The fraction of sp³-hybridized carbons (Fsp3) is 0.448. The molecule has 1 saturated carbocycles. The number of allylic oxidation sites excluding steroid dienone is 1. The molecule has 0 bridgehead atoms. The Morgan fingerprint density at radius 2 is 2.03 bits per heavy atom. The Morgan fingerprint density at radius 3 is 2.76 bits per heavy atom. The van der Waals surface area contributed by atoms with Crippen LogP contribution in [0.25, 0.3) is 0 Å². The first-order valence-electron chi connectivity index (χ1n) is 13.3. The number of anilines is 1. The van der Waals surface area contributed by atoms with Crippen LogP contribution in [0.5, 0.6) is 0 Å². The van der Waals surface area contributed by atoms with Crippen molar-refractivity contribution in [3.05, 3.63) is 71.8 Å². The maximum atomic E-state index is 13.4. The summed E-state index contributed by atoms with van der Waals surface area (Å²) in [5, 5.41) is 5.81. The Morgan fingerprint density at radius 1 is 1.19 bits per heavy atom. The van der Waals surface area contributed by atoms with Crippen molar-refractivity contribution in [1.29, 1.82) is 0 Å². The van der Waals surface area contributed by atoms with Crippen LogP contribution in [-0.4, -0.2) is 49.2 Å². The number of hydrogen-bond donors (Lipinski definition) is 3. The first-order valence-corrected chi connectivity index (χ1v) is 13.3. The second-order valence-electron chi connectivity index (χ2n) is 10.0. The number of benzene rings is 1. The van der Waals surface area contributed by atoms with Crippen LogP contribution in [0.2, 0.25) is 0 Å². The van der Waals surface area contributed by atoms with Crippen LogP contribution in [-0.2, 0) is 4.79 Å². The molecule has 2 atom stereocenters. The lowest BCUT2D eigenvalue weighted by molar-refractivity contribution is -0.122. The normalized spacial score (nSPS) is 19.6. The summed E-state index contributed by atoms with van der Waals surface area (Å²) in [5.74, 6) is 0.313. The van der Waals surface area contributed by atoms with Crippen LogP contribution in [0.1, 0.15) is 66.8 Å². The SMILES string of the molecule is CN=C/C(=C\N)NC(=O)C(CC1CCCC1)NC(=O)c1cccc(N2CCCC(c3cccnc3)C2)c1. The van der Waals surface area contributed by atoms with E-state index >= 15 is 0 Å². The van der Waals surface area contributed by atoms with Crippen molar-refractivity contribution in [2.45, 2.75) is 56.9 Å². The van der Waals surface area contributed by atoms with Crippen molar-refractivity contribution < 1.29 is 9.59 Å². The van der Waals surface area contributed by atoms with Gasteiger partial charge in [-0.2, -0.15) is 0 Å². The Kier molecular flexibility index (Phi) is 9.29. The molecule has 1 aliphatic carbocycles. The van der Waals surface area contributed by atoms with Gasteiger partial charge in [0.05, 0.1) is 5.70 Å². The number of carbonyl (C=O) groups is 2. The number of pyridine rings is 1. The molecule has 2 fully saturated rings. The van der Waals surface area contributed by atoms with Crippen molar-refractivity contribution in [3.8, 4) is 0 Å². The summed E-state index contributed by atoms with van der Waals surface area (Å²) in [6, 6.07) is 11.2. The number of nitrogens with two attached hydrogens (primary N) is 1. The number of hydrogen-bond acceptors (Lipinski definition) is 6. The van der Waals surface area contributed by atoms with E-state index in [9.17, 15) is 9.59 Å². The van der Waals surface area contributed by atoms with Crippen molar-refractivity contribution >= 4 is 23.7 Å². The van der Waals surface area contributed by atoms with Crippen molar-refractivity contribution in [2.24, 2.45) is 16.6 Å². The van der Waals surface area contributed by atoms with E-state index in [0.29, 0.717) is 29.5 Å². The minimum absolute atomic E-state index is 0.247. The van der Waals surface area contributed by atoms with Crippen molar-refractivity contribution in [3.63, 3.8) is 0 Å². The van der Waals surface area contributed by atoms with Gasteiger partial charge in [-0.15, -0.1) is 0 Å². The van der Waals surface area contributed by atoms with E-state index in [-0.39, 0.29) is 11.8 Å². The van der Waals surface area contributed by atoms with Gasteiger partial charge in [0.25, 0.3) is 5.91 Å². The van der Waals surface area contributed by atoms with Gasteiger partial charge in [0, 0.05) is 62.1 Å². The Bertz CT molecular complexity index is 1110. The molecule has 1 aromatic carbocycles. The molecule has 37 heavy (non-hydrogen) atoms. The monoisotopic (exact) mass is 502 g/mol. The summed E-state index contributed by atoms with van der Waals surface area (Å²) in [6.45, 7) is 1.83. The second-order valence-corrected chi connectivity index (χ2v) is 10.0. The van der Waals surface area contributed by atoms with Gasteiger partial charge in [-0.1, -0.05) is 37.8 Å². The van der Waals surface area contributed by atoms with Gasteiger partial charge in [0.2, 0.25) is 5.91 Å². The molecular weight excluding hydrogens is 464 g/mol. The average molecular weight is 503 g/mol. The van der Waals surface area contributed by atoms with Gasteiger partial charge < -0.3 is 21.3 Å². The molecule has 2 amide bonds. The topological polar surface area (TPSA) is 113 Å². The maximum absolute atomic E-state index is 13.4. The summed E-state index contributed by atoms with van der Waals surface area (Å²) < 4.78 is 0. The van der Waals surface area contributed by atoms with Crippen LogP contribution in [0.4, 0.5) is 5.69 Å². The quantitative estimate of drug-likeness (QED) is 0.452. The lowest BCUT2D eigenvalue weighted by Crippen LogP contribution is -2.47. The molecule has 1 aliphatic heterocycles. The van der Waals surface area contributed by atoms with Crippen LogP contribution in [0, 0.1) is 5.92 Å². The van der Waals surface area contributed by atoms with Gasteiger partial charge >= 0.3 is 0 Å². The Hall–Kier alpha value is -3.68. The lowest BCUT2D eigenvalue weighted by atomic mass is 9.91. The zero-order valence-corrected chi connectivity index (χ0v) is 21.6. The molecule has 4 N–H and O–H groups in total. The van der Waals surface area contributed by atoms with Gasteiger partial charge in [0.1, 0.15) is 6.04 Å². The number of aromatic nitrogens is 1. The predicted molar refractivity (Wildman–Crippen MR) is 148 cm³/mol. The van der Waals surface area contributed by atoms with Gasteiger partial charge in [0.15, 0.2) is 0 Å². The molecule has 0 spiro atoms. The number of piperidine rings is 1. The number of amides is 2. The molecule has 4 rings (SSSR count). The number of rotatable bonds is 9. The molecule has 2 unspecified atom stereocenters. The molecule has 1 saturated heterocycles. The Balaban J connectivity index is 1.46. The van der Waals surface area contributed by atoms with Gasteiger partial charge in [-0.25, -0.2) is 0 Å². The number of nitrogens with one attached hydrogen (secondary N) is 2. The minimum Gasteiger partial charge on any atom is -0.403 e. The third-order valence-corrected chi connectivity index (χ3v) is 7.43. The molecule has 196 valence electrons. The standard InChI is InChI=1S/C29H38N6O2/c1-31-19-25(17-30)33-29(37)27(15-21-7-2-3-8-21)34-28(36)22-9-4-12-26(16-22)35-14-6-11-24(20-35)23-10-5-13-32-18-23/h4-5,9-10,12-13,16-19,21,24,27H,2-3,6-8,11,14-15,20,30H2,1H3,(H,33,37)(H,34,36)/b25-17+,31-19?. The highest BCUT2D eigenvalue weighted by Crippen LogP contribution is 2.31. The minimum atomic E-state index is -0.649. The Labute approximate surface area is 219 Å². The van der Waals surface area contributed by atoms with E-state index in [2.05, 4.69) is 31.6 Å². The van der Waals surface area contributed by atoms with Gasteiger partial charge in [-0.3, -0.25) is 19.6 Å². The molecule has 8 heteroatoms. The molecular formula is C29H38N6O2. The highest BCUT2D eigenvalue weighted by molar-refractivity contribution is 5.99. The zero-order chi connectivity index (χ0) is 26.0.